The lowest BCUT2D eigenvalue weighted by molar-refractivity contribution is 0.0960. The van der Waals surface area contributed by atoms with Crippen LogP contribution in [0.2, 0.25) is 0 Å². The van der Waals surface area contributed by atoms with Crippen molar-refractivity contribution in [3.05, 3.63) is 35.4 Å². The summed E-state index contributed by atoms with van der Waals surface area (Å²) in [5.74, 6) is 1.57. The number of anilines is 1. The molecule has 7 heteroatoms. The molecule has 0 aliphatic carbocycles. The number of nitrogens with zero attached hydrogens (tertiary/aromatic N) is 2. The summed E-state index contributed by atoms with van der Waals surface area (Å²) in [5.41, 5.74) is 5.57. The van der Waals surface area contributed by atoms with Crippen molar-refractivity contribution < 1.29 is 13.9 Å². The van der Waals surface area contributed by atoms with Gasteiger partial charge in [-0.3, -0.25) is 15.6 Å². The molecule has 0 atom stereocenters. The summed E-state index contributed by atoms with van der Waals surface area (Å²) in [4.78, 5) is 19.8. The Morgan fingerprint density at radius 3 is 2.84 bits per heavy atom. The van der Waals surface area contributed by atoms with Gasteiger partial charge < -0.3 is 9.15 Å². The Morgan fingerprint density at radius 1 is 1.42 bits per heavy atom. The molecule has 0 unspecified atom stereocenters. The average Bonchev–Trinajstić information content (AvgIpc) is 2.75. The van der Waals surface area contributed by atoms with E-state index in [1.807, 2.05) is 0 Å². The molecule has 100 valence electrons. The van der Waals surface area contributed by atoms with Gasteiger partial charge in [0.15, 0.2) is 0 Å². The van der Waals surface area contributed by atoms with Crippen LogP contribution >= 0.6 is 0 Å². The SMILES string of the molecule is COc1ccnc(NNC(=O)c2cc(C)oc2C)n1. The lowest BCUT2D eigenvalue weighted by Crippen LogP contribution is -2.30. The molecular weight excluding hydrogens is 248 g/mol. The molecule has 0 aliphatic rings. The summed E-state index contributed by atoms with van der Waals surface area (Å²) in [6.07, 6.45) is 1.52. The average molecular weight is 262 g/mol. The van der Waals surface area contributed by atoms with Crippen molar-refractivity contribution in [2.75, 3.05) is 12.5 Å². The first-order valence-corrected chi connectivity index (χ1v) is 5.60. The highest BCUT2D eigenvalue weighted by Crippen LogP contribution is 2.13. The minimum Gasteiger partial charge on any atom is -0.481 e. The van der Waals surface area contributed by atoms with Crippen LogP contribution in [0.3, 0.4) is 0 Å². The summed E-state index contributed by atoms with van der Waals surface area (Å²) in [7, 11) is 1.50. The molecule has 7 nitrogen and oxygen atoms in total. The number of methoxy groups -OCH3 is 1. The monoisotopic (exact) mass is 262 g/mol. The van der Waals surface area contributed by atoms with Gasteiger partial charge in [-0.15, -0.1) is 0 Å². The maximum atomic E-state index is 11.9. The third kappa shape index (κ3) is 3.01. The third-order valence-corrected chi connectivity index (χ3v) is 2.41. The number of aryl methyl sites for hydroxylation is 2. The molecule has 2 rings (SSSR count). The molecule has 0 fully saturated rings. The molecule has 0 radical (unpaired) electrons. The Kier molecular flexibility index (Phi) is 3.65. The van der Waals surface area contributed by atoms with E-state index < -0.39 is 0 Å². The molecule has 0 aliphatic heterocycles. The van der Waals surface area contributed by atoms with Gasteiger partial charge in [-0.05, 0) is 19.9 Å². The fourth-order valence-electron chi connectivity index (χ4n) is 1.55. The highest BCUT2D eigenvalue weighted by atomic mass is 16.5. The van der Waals surface area contributed by atoms with E-state index in [0.29, 0.717) is 23.0 Å². The number of furan rings is 1. The smallest absolute Gasteiger partial charge is 0.273 e. The number of hydrogen-bond donors (Lipinski definition) is 2. The van der Waals surface area contributed by atoms with Crippen molar-refractivity contribution in [2.24, 2.45) is 0 Å². The minimum atomic E-state index is -0.319. The third-order valence-electron chi connectivity index (χ3n) is 2.41. The molecule has 19 heavy (non-hydrogen) atoms. The van der Waals surface area contributed by atoms with Gasteiger partial charge in [0, 0.05) is 12.3 Å². The Labute approximate surface area is 110 Å². The van der Waals surface area contributed by atoms with Crippen molar-refractivity contribution in [3.8, 4) is 5.88 Å². The van der Waals surface area contributed by atoms with Crippen LogP contribution in [0.15, 0.2) is 22.7 Å². The quantitative estimate of drug-likeness (QED) is 0.811. The van der Waals surface area contributed by atoms with E-state index in [2.05, 4.69) is 20.8 Å². The lowest BCUT2D eigenvalue weighted by atomic mass is 10.2. The topological polar surface area (TPSA) is 89.3 Å². The molecule has 0 saturated heterocycles. The Balaban J connectivity index is 2.02. The van der Waals surface area contributed by atoms with Gasteiger partial charge in [0.2, 0.25) is 11.8 Å². The van der Waals surface area contributed by atoms with E-state index in [1.54, 1.807) is 26.0 Å². The molecule has 1 amide bonds. The number of carbonyl (C=O) groups is 1. The summed E-state index contributed by atoms with van der Waals surface area (Å²) in [6.45, 7) is 3.51. The van der Waals surface area contributed by atoms with Crippen LogP contribution < -0.4 is 15.6 Å². The molecule has 2 aromatic rings. The van der Waals surface area contributed by atoms with Gasteiger partial charge in [-0.2, -0.15) is 4.98 Å². The predicted octanol–water partition coefficient (Wildman–Crippen LogP) is 1.45. The Morgan fingerprint density at radius 2 is 2.21 bits per heavy atom. The minimum absolute atomic E-state index is 0.241. The molecule has 0 aromatic carbocycles. The Hall–Kier alpha value is -2.57. The van der Waals surface area contributed by atoms with Crippen LogP contribution in [-0.2, 0) is 0 Å². The second-order valence-electron chi connectivity index (χ2n) is 3.83. The maximum absolute atomic E-state index is 11.9. The second-order valence-corrected chi connectivity index (χ2v) is 3.83. The number of carbonyl (C=O) groups excluding carboxylic acids is 1. The van der Waals surface area contributed by atoms with Crippen LogP contribution in [0.1, 0.15) is 21.9 Å². The molecule has 0 bridgehead atoms. The Bertz CT molecular complexity index is 594. The standard InChI is InChI=1S/C12H14N4O3/c1-7-6-9(8(2)19-7)11(17)15-16-12-13-5-4-10(14-12)18-3/h4-6H,1-3H3,(H,15,17)(H,13,14,16). The fourth-order valence-corrected chi connectivity index (χ4v) is 1.55. The van der Waals surface area contributed by atoms with E-state index in [-0.39, 0.29) is 11.9 Å². The van der Waals surface area contributed by atoms with Crippen LogP contribution in [0, 0.1) is 13.8 Å². The van der Waals surface area contributed by atoms with Crippen molar-refractivity contribution in [1.82, 2.24) is 15.4 Å². The van der Waals surface area contributed by atoms with E-state index in [4.69, 9.17) is 9.15 Å². The first kappa shape index (κ1) is 12.9. The number of ether oxygens (including phenoxy) is 1. The van der Waals surface area contributed by atoms with Crippen molar-refractivity contribution >= 4 is 11.9 Å². The van der Waals surface area contributed by atoms with Gasteiger partial charge in [-0.1, -0.05) is 0 Å². The van der Waals surface area contributed by atoms with Crippen molar-refractivity contribution in [2.45, 2.75) is 13.8 Å². The molecule has 2 aromatic heterocycles. The summed E-state index contributed by atoms with van der Waals surface area (Å²) >= 11 is 0. The number of aromatic nitrogens is 2. The van der Waals surface area contributed by atoms with Crippen molar-refractivity contribution in [3.63, 3.8) is 0 Å². The molecule has 0 spiro atoms. The number of hydrogen-bond acceptors (Lipinski definition) is 6. The van der Waals surface area contributed by atoms with E-state index in [1.165, 1.54) is 13.3 Å². The number of nitrogens with one attached hydrogen (secondary N) is 2. The van der Waals surface area contributed by atoms with Crippen LogP contribution in [0.25, 0.3) is 0 Å². The molecule has 2 heterocycles. The van der Waals surface area contributed by atoms with Gasteiger partial charge in [0.25, 0.3) is 5.91 Å². The first-order chi connectivity index (χ1) is 9.10. The molecule has 0 saturated carbocycles. The predicted molar refractivity (Wildman–Crippen MR) is 67.9 cm³/mol. The second kappa shape index (κ2) is 5.38. The van der Waals surface area contributed by atoms with Gasteiger partial charge in [0.1, 0.15) is 11.5 Å². The summed E-state index contributed by atoms with van der Waals surface area (Å²) in [5, 5.41) is 0. The largest absolute Gasteiger partial charge is 0.481 e. The zero-order valence-electron chi connectivity index (χ0n) is 10.9. The normalized spacial score (nSPS) is 10.1. The van der Waals surface area contributed by atoms with Crippen LogP contribution in [0.4, 0.5) is 5.95 Å². The van der Waals surface area contributed by atoms with Gasteiger partial charge >= 0.3 is 0 Å². The van der Waals surface area contributed by atoms with E-state index in [0.717, 1.165) is 0 Å². The van der Waals surface area contributed by atoms with Crippen LogP contribution in [0.5, 0.6) is 5.88 Å². The van der Waals surface area contributed by atoms with E-state index in [9.17, 15) is 4.79 Å². The molecule has 2 N–H and O–H groups in total. The molecular formula is C12H14N4O3. The number of rotatable bonds is 4. The zero-order valence-corrected chi connectivity index (χ0v) is 10.9. The first-order valence-electron chi connectivity index (χ1n) is 5.60. The van der Waals surface area contributed by atoms with Crippen LogP contribution in [-0.4, -0.2) is 23.0 Å². The summed E-state index contributed by atoms with van der Waals surface area (Å²) < 4.78 is 10.2. The lowest BCUT2D eigenvalue weighted by Gasteiger charge is -2.06. The number of amides is 1. The highest BCUT2D eigenvalue weighted by Gasteiger charge is 2.13. The summed E-state index contributed by atoms with van der Waals surface area (Å²) in [6, 6.07) is 3.27. The van der Waals surface area contributed by atoms with Crippen molar-refractivity contribution in [1.29, 1.82) is 0 Å². The van der Waals surface area contributed by atoms with Gasteiger partial charge in [-0.25, -0.2) is 4.98 Å². The fraction of sp³-hybridized carbons (Fsp3) is 0.250. The van der Waals surface area contributed by atoms with Gasteiger partial charge in [0.05, 0.1) is 12.7 Å². The maximum Gasteiger partial charge on any atom is 0.273 e. The number of hydrazine groups is 1. The zero-order chi connectivity index (χ0) is 13.8. The van der Waals surface area contributed by atoms with E-state index >= 15 is 0 Å². The highest BCUT2D eigenvalue weighted by molar-refractivity contribution is 5.95.